The van der Waals surface area contributed by atoms with Crippen LogP contribution in [0.1, 0.15) is 37.8 Å². The zero-order chi connectivity index (χ0) is 28.8. The molecule has 2 rings (SSSR count). The molecule has 0 aliphatic carbocycles. The van der Waals surface area contributed by atoms with Crippen molar-refractivity contribution in [1.82, 2.24) is 10.6 Å². The summed E-state index contributed by atoms with van der Waals surface area (Å²) in [4.78, 5) is 25.5. The van der Waals surface area contributed by atoms with Crippen molar-refractivity contribution in [2.75, 3.05) is 32.2 Å². The lowest BCUT2D eigenvalue weighted by Gasteiger charge is -2.27. The van der Waals surface area contributed by atoms with Gasteiger partial charge in [-0.2, -0.15) is 0 Å². The normalized spacial score (nSPS) is 13.9. The monoisotopic (exact) mass is 561 g/mol. The van der Waals surface area contributed by atoms with Crippen LogP contribution in [0.3, 0.4) is 0 Å². The third-order valence-corrected chi connectivity index (χ3v) is 8.14. The second-order valence-electron chi connectivity index (χ2n) is 10.2. The lowest BCUT2D eigenvalue weighted by Crippen LogP contribution is -2.47. The maximum atomic E-state index is 13.3. The van der Waals surface area contributed by atoms with Gasteiger partial charge in [0.15, 0.2) is 9.84 Å². The molecule has 0 fully saturated rings. The molecule has 39 heavy (non-hydrogen) atoms. The Hall–Kier alpha value is -2.95. The lowest BCUT2D eigenvalue weighted by molar-refractivity contribution is -0.155. The maximum Gasteiger partial charge on any atom is 0.310 e. The topological polar surface area (TPSA) is 137 Å². The minimum atomic E-state index is -3.58. The second-order valence-corrected chi connectivity index (χ2v) is 12.4. The average molecular weight is 562 g/mol. The molecule has 0 heterocycles. The van der Waals surface area contributed by atoms with Crippen LogP contribution in [0.2, 0.25) is 0 Å². The number of esters is 1. The third-order valence-electron chi connectivity index (χ3n) is 6.37. The third kappa shape index (κ3) is 12.2. The summed E-state index contributed by atoms with van der Waals surface area (Å²) in [7, 11) is -0.535. The Kier molecular flexibility index (Phi) is 13.4. The maximum absolute atomic E-state index is 13.3. The smallest absolute Gasteiger partial charge is 0.310 e. The van der Waals surface area contributed by atoms with Crippen LogP contribution in [-0.4, -0.2) is 64.6 Å². The zero-order valence-corrected chi connectivity index (χ0v) is 24.2. The number of carbonyl (C=O) groups is 2. The van der Waals surface area contributed by atoms with Crippen LogP contribution in [-0.2, 0) is 37.1 Å². The number of nitrogens with one attached hydrogen (secondary N) is 2. The van der Waals surface area contributed by atoms with Gasteiger partial charge in [0, 0.05) is 32.6 Å². The summed E-state index contributed by atoms with van der Waals surface area (Å²) in [6, 6.07) is 16.6. The van der Waals surface area contributed by atoms with Crippen molar-refractivity contribution in [3.05, 3.63) is 65.7 Å². The van der Waals surface area contributed by atoms with Crippen molar-refractivity contribution in [2.24, 2.45) is 17.6 Å². The molecule has 0 saturated carbocycles. The van der Waals surface area contributed by atoms with Crippen molar-refractivity contribution in [1.29, 1.82) is 0 Å². The molecular weight excluding hydrogens is 518 g/mol. The van der Waals surface area contributed by atoms with Gasteiger partial charge in [0.1, 0.15) is 11.9 Å². The summed E-state index contributed by atoms with van der Waals surface area (Å²) in [5.41, 5.74) is 8.48. The highest BCUT2D eigenvalue weighted by atomic mass is 32.2. The molecule has 0 saturated heterocycles. The first-order valence-corrected chi connectivity index (χ1v) is 15.1. The van der Waals surface area contributed by atoms with Crippen LogP contribution in [0, 0.1) is 11.8 Å². The number of rotatable bonds is 17. The quantitative estimate of drug-likeness (QED) is 0.251. The van der Waals surface area contributed by atoms with Crippen LogP contribution in [0.5, 0.6) is 5.75 Å². The fourth-order valence-corrected chi connectivity index (χ4v) is 5.89. The molecule has 0 bridgehead atoms. The SMILES string of the molecule is CNC(=O)CC(CS(=O)(=O)CCC(C)C)C(=O)O[C@H](CNCc1cccc(OC)c1)[C@@H](N)Cc1ccccc1. The van der Waals surface area contributed by atoms with E-state index < -0.39 is 45.5 Å². The number of hydrogen-bond acceptors (Lipinski definition) is 8. The van der Waals surface area contributed by atoms with E-state index in [0.717, 1.165) is 16.9 Å². The van der Waals surface area contributed by atoms with E-state index in [9.17, 15) is 18.0 Å². The van der Waals surface area contributed by atoms with E-state index in [1.165, 1.54) is 7.05 Å². The first-order valence-electron chi connectivity index (χ1n) is 13.3. The summed E-state index contributed by atoms with van der Waals surface area (Å²) in [6.45, 7) is 4.59. The van der Waals surface area contributed by atoms with Crippen LogP contribution >= 0.6 is 0 Å². The summed E-state index contributed by atoms with van der Waals surface area (Å²) in [5.74, 6) is -1.90. The molecule has 216 valence electrons. The van der Waals surface area contributed by atoms with E-state index in [1.807, 2.05) is 68.4 Å². The zero-order valence-electron chi connectivity index (χ0n) is 23.4. The number of hydrogen-bond donors (Lipinski definition) is 3. The molecule has 2 aromatic carbocycles. The van der Waals surface area contributed by atoms with E-state index in [2.05, 4.69) is 10.6 Å². The summed E-state index contributed by atoms with van der Waals surface area (Å²) in [5, 5.41) is 5.75. The Balaban J connectivity index is 2.18. The number of methoxy groups -OCH3 is 1. The Morgan fingerprint density at radius 2 is 1.72 bits per heavy atom. The van der Waals surface area contributed by atoms with Crippen LogP contribution in [0.15, 0.2) is 54.6 Å². The lowest BCUT2D eigenvalue weighted by atomic mass is 10.0. The minimum Gasteiger partial charge on any atom is -0.497 e. The van der Waals surface area contributed by atoms with Gasteiger partial charge < -0.3 is 25.8 Å². The van der Waals surface area contributed by atoms with Gasteiger partial charge in [-0.05, 0) is 42.0 Å². The van der Waals surface area contributed by atoms with Gasteiger partial charge >= 0.3 is 5.97 Å². The van der Waals surface area contributed by atoms with Crippen LogP contribution in [0.25, 0.3) is 0 Å². The predicted molar refractivity (Wildman–Crippen MR) is 153 cm³/mol. The highest BCUT2D eigenvalue weighted by Crippen LogP contribution is 2.17. The molecule has 0 radical (unpaired) electrons. The Bertz CT molecular complexity index is 1140. The molecule has 0 aliphatic heterocycles. The summed E-state index contributed by atoms with van der Waals surface area (Å²) in [6.07, 6.45) is -0.113. The van der Waals surface area contributed by atoms with E-state index in [4.69, 9.17) is 15.2 Å². The molecule has 0 spiro atoms. The van der Waals surface area contributed by atoms with Crippen molar-refractivity contribution in [2.45, 2.75) is 51.8 Å². The van der Waals surface area contributed by atoms with Gasteiger partial charge in [-0.1, -0.05) is 56.3 Å². The first-order chi connectivity index (χ1) is 18.5. The Morgan fingerprint density at radius 3 is 2.36 bits per heavy atom. The van der Waals surface area contributed by atoms with Gasteiger partial charge in [0.05, 0.1) is 24.5 Å². The number of sulfone groups is 1. The van der Waals surface area contributed by atoms with Crippen molar-refractivity contribution in [3.8, 4) is 5.75 Å². The van der Waals surface area contributed by atoms with E-state index in [-0.39, 0.29) is 24.6 Å². The van der Waals surface area contributed by atoms with Gasteiger partial charge in [0.25, 0.3) is 0 Å². The highest BCUT2D eigenvalue weighted by molar-refractivity contribution is 7.91. The van der Waals surface area contributed by atoms with E-state index in [0.29, 0.717) is 19.4 Å². The molecular formula is C29H43N3O6S. The van der Waals surface area contributed by atoms with E-state index in [1.54, 1.807) is 7.11 Å². The number of benzene rings is 2. The molecule has 0 aliphatic rings. The molecule has 3 atom stereocenters. The number of carbonyl (C=O) groups excluding carboxylic acids is 2. The summed E-state index contributed by atoms with van der Waals surface area (Å²) >= 11 is 0. The average Bonchev–Trinajstić information content (AvgIpc) is 2.91. The van der Waals surface area contributed by atoms with Gasteiger partial charge in [0.2, 0.25) is 5.91 Å². The van der Waals surface area contributed by atoms with Crippen LogP contribution in [0.4, 0.5) is 0 Å². The fourth-order valence-electron chi connectivity index (χ4n) is 4.03. The van der Waals surface area contributed by atoms with Gasteiger partial charge in [-0.15, -0.1) is 0 Å². The fraction of sp³-hybridized carbons (Fsp3) is 0.517. The van der Waals surface area contributed by atoms with Gasteiger partial charge in [-0.3, -0.25) is 9.59 Å². The molecule has 1 amide bonds. The Morgan fingerprint density at radius 1 is 1.03 bits per heavy atom. The van der Waals surface area contributed by atoms with Crippen LogP contribution < -0.4 is 21.1 Å². The number of nitrogens with two attached hydrogens (primary N) is 1. The highest BCUT2D eigenvalue weighted by Gasteiger charge is 2.32. The number of ether oxygens (including phenoxy) is 2. The first kappa shape index (κ1) is 32.3. The molecule has 10 heteroatoms. The standard InChI is InChI=1S/C29H43N3O6S/c1-21(2)13-14-39(35,36)20-24(17-28(33)31-3)29(34)38-27(26(30)16-22-9-6-5-7-10-22)19-32-18-23-11-8-12-25(15-23)37-4/h5-12,15,21,24,26-27,32H,13-14,16-20,30H2,1-4H3,(H,31,33)/t24?,26-,27+/m0/s1. The molecule has 9 nitrogen and oxygen atoms in total. The minimum absolute atomic E-state index is 0.0543. The summed E-state index contributed by atoms with van der Waals surface area (Å²) < 4.78 is 36.7. The molecule has 4 N–H and O–H groups in total. The second kappa shape index (κ2) is 16.2. The van der Waals surface area contributed by atoms with Crippen molar-refractivity contribution in [3.63, 3.8) is 0 Å². The largest absolute Gasteiger partial charge is 0.497 e. The molecule has 0 aromatic heterocycles. The van der Waals surface area contributed by atoms with Crippen molar-refractivity contribution < 1.29 is 27.5 Å². The number of amides is 1. The van der Waals surface area contributed by atoms with Gasteiger partial charge in [-0.25, -0.2) is 8.42 Å². The Labute approximate surface area is 232 Å². The van der Waals surface area contributed by atoms with E-state index >= 15 is 0 Å². The predicted octanol–water partition coefficient (Wildman–Crippen LogP) is 2.48. The molecule has 2 aromatic rings. The van der Waals surface area contributed by atoms with Crippen molar-refractivity contribution >= 4 is 21.7 Å². The molecule has 1 unspecified atom stereocenters.